The van der Waals surface area contributed by atoms with Crippen LogP contribution >= 0.6 is 0 Å². The van der Waals surface area contributed by atoms with Crippen LogP contribution < -0.4 is 0 Å². The van der Waals surface area contributed by atoms with E-state index in [1.54, 1.807) is 0 Å². The van der Waals surface area contributed by atoms with Gasteiger partial charge >= 0.3 is 0 Å². The van der Waals surface area contributed by atoms with Gasteiger partial charge in [-0.15, -0.1) is 0 Å². The Bertz CT molecular complexity index is 332. The lowest BCUT2D eigenvalue weighted by Gasteiger charge is -2.41. The summed E-state index contributed by atoms with van der Waals surface area (Å²) < 4.78 is 0. The van der Waals surface area contributed by atoms with E-state index in [9.17, 15) is 5.11 Å². The van der Waals surface area contributed by atoms with Crippen molar-refractivity contribution in [2.24, 2.45) is 0 Å². The van der Waals surface area contributed by atoms with Crippen LogP contribution in [0.4, 0.5) is 0 Å². The molecular formula is C15H23NO. The number of nitrogens with zero attached hydrogens (tertiary/aromatic N) is 1. The average molecular weight is 233 g/mol. The Labute approximate surface area is 104 Å². The lowest BCUT2D eigenvalue weighted by atomic mass is 9.90. The molecule has 94 valence electrons. The molecule has 0 bridgehead atoms. The number of hydrogen-bond donors (Lipinski definition) is 1. The summed E-state index contributed by atoms with van der Waals surface area (Å²) in [5.41, 5.74) is 1.03. The molecule has 2 rings (SSSR count). The van der Waals surface area contributed by atoms with Crippen molar-refractivity contribution in [1.29, 1.82) is 0 Å². The van der Waals surface area contributed by atoms with Gasteiger partial charge in [0.25, 0.3) is 0 Å². The Kier molecular flexibility index (Phi) is 4.19. The normalized spacial score (nSPS) is 18.4. The van der Waals surface area contributed by atoms with Crippen LogP contribution in [-0.2, 0) is 0 Å². The first kappa shape index (κ1) is 12.6. The molecular weight excluding hydrogens is 210 g/mol. The van der Waals surface area contributed by atoms with Gasteiger partial charge in [0, 0.05) is 18.6 Å². The second kappa shape index (κ2) is 5.65. The molecule has 0 heterocycles. The van der Waals surface area contributed by atoms with Gasteiger partial charge in [0.05, 0.1) is 6.10 Å². The van der Waals surface area contributed by atoms with Crippen molar-refractivity contribution in [2.75, 3.05) is 6.54 Å². The summed E-state index contributed by atoms with van der Waals surface area (Å²) in [5, 5.41) is 10.3. The minimum Gasteiger partial charge on any atom is -0.387 e. The van der Waals surface area contributed by atoms with E-state index in [0.29, 0.717) is 12.1 Å². The molecule has 0 radical (unpaired) electrons. The Balaban J connectivity index is 1.98. The maximum atomic E-state index is 10.3. The highest BCUT2D eigenvalue weighted by Crippen LogP contribution is 2.28. The molecule has 0 amide bonds. The van der Waals surface area contributed by atoms with E-state index in [1.807, 2.05) is 30.3 Å². The van der Waals surface area contributed by atoms with Crippen LogP contribution in [0, 0.1) is 0 Å². The largest absolute Gasteiger partial charge is 0.387 e. The van der Waals surface area contributed by atoms with E-state index < -0.39 is 0 Å². The molecule has 2 heteroatoms. The van der Waals surface area contributed by atoms with Crippen LogP contribution in [-0.4, -0.2) is 28.6 Å². The molecule has 2 nitrogen and oxygen atoms in total. The van der Waals surface area contributed by atoms with Crippen LogP contribution in [0.25, 0.3) is 0 Å². The predicted molar refractivity (Wildman–Crippen MR) is 70.9 cm³/mol. The zero-order valence-corrected chi connectivity index (χ0v) is 10.8. The zero-order chi connectivity index (χ0) is 12.3. The summed E-state index contributed by atoms with van der Waals surface area (Å²) in [5.74, 6) is 0. The van der Waals surface area contributed by atoms with Crippen LogP contribution in [0.5, 0.6) is 0 Å². The molecule has 0 aliphatic heterocycles. The first-order valence-corrected chi connectivity index (χ1v) is 6.67. The molecule has 1 aliphatic rings. The predicted octanol–water partition coefficient (Wildman–Crippen LogP) is 2.98. The van der Waals surface area contributed by atoms with Crippen molar-refractivity contribution >= 4 is 0 Å². The van der Waals surface area contributed by atoms with Gasteiger partial charge in [-0.2, -0.15) is 0 Å². The summed E-state index contributed by atoms with van der Waals surface area (Å²) in [7, 11) is 0. The van der Waals surface area contributed by atoms with E-state index >= 15 is 0 Å². The summed E-state index contributed by atoms with van der Waals surface area (Å²) >= 11 is 0. The highest BCUT2D eigenvalue weighted by molar-refractivity contribution is 5.17. The maximum absolute atomic E-state index is 10.3. The van der Waals surface area contributed by atoms with Gasteiger partial charge in [-0.3, -0.25) is 4.90 Å². The lowest BCUT2D eigenvalue weighted by Crippen LogP contribution is -2.46. The van der Waals surface area contributed by atoms with Gasteiger partial charge in [-0.1, -0.05) is 36.8 Å². The van der Waals surface area contributed by atoms with Gasteiger partial charge in [0.1, 0.15) is 0 Å². The first-order valence-electron chi connectivity index (χ1n) is 6.67. The van der Waals surface area contributed by atoms with Crippen molar-refractivity contribution in [2.45, 2.75) is 51.3 Å². The monoisotopic (exact) mass is 233 g/mol. The molecule has 1 unspecified atom stereocenters. The van der Waals surface area contributed by atoms with Crippen molar-refractivity contribution in [3.05, 3.63) is 35.9 Å². The Morgan fingerprint density at radius 2 is 1.88 bits per heavy atom. The van der Waals surface area contributed by atoms with Gasteiger partial charge in [-0.25, -0.2) is 0 Å². The molecule has 1 N–H and O–H groups in total. The molecule has 1 saturated carbocycles. The third-order valence-corrected chi connectivity index (χ3v) is 3.78. The van der Waals surface area contributed by atoms with Crippen molar-refractivity contribution in [1.82, 2.24) is 4.90 Å². The van der Waals surface area contributed by atoms with E-state index in [4.69, 9.17) is 0 Å². The van der Waals surface area contributed by atoms with Gasteiger partial charge in [-0.05, 0) is 32.3 Å². The summed E-state index contributed by atoms with van der Waals surface area (Å²) in [6, 6.07) is 11.2. The Morgan fingerprint density at radius 3 is 2.35 bits per heavy atom. The fourth-order valence-electron chi connectivity index (χ4n) is 2.48. The van der Waals surface area contributed by atoms with Gasteiger partial charge in [0.15, 0.2) is 0 Å². The fourth-order valence-corrected chi connectivity index (χ4v) is 2.48. The van der Waals surface area contributed by atoms with Crippen LogP contribution in [0.1, 0.15) is 44.8 Å². The fraction of sp³-hybridized carbons (Fsp3) is 0.600. The van der Waals surface area contributed by atoms with E-state index in [2.05, 4.69) is 18.7 Å². The number of benzene rings is 1. The maximum Gasteiger partial charge on any atom is 0.0917 e. The first-order chi connectivity index (χ1) is 8.18. The standard InChI is InChI=1S/C15H23NO/c1-12(2)16(14-9-6-10-14)11-15(17)13-7-4-3-5-8-13/h3-5,7-8,12,14-15,17H,6,9-11H2,1-2H3. The quantitative estimate of drug-likeness (QED) is 0.845. The van der Waals surface area contributed by atoms with Crippen molar-refractivity contribution in [3.63, 3.8) is 0 Å². The topological polar surface area (TPSA) is 23.5 Å². The minimum atomic E-state index is -0.362. The summed E-state index contributed by atoms with van der Waals surface area (Å²) in [6.07, 6.45) is 3.56. The van der Waals surface area contributed by atoms with Gasteiger partial charge in [0.2, 0.25) is 0 Å². The molecule has 1 fully saturated rings. The SMILES string of the molecule is CC(C)N(CC(O)c1ccccc1)C1CCC1. The molecule has 1 aliphatic carbocycles. The molecule has 1 atom stereocenters. The lowest BCUT2D eigenvalue weighted by molar-refractivity contribution is 0.0366. The second-order valence-corrected chi connectivity index (χ2v) is 5.30. The highest BCUT2D eigenvalue weighted by Gasteiger charge is 2.28. The zero-order valence-electron chi connectivity index (χ0n) is 10.8. The summed E-state index contributed by atoms with van der Waals surface area (Å²) in [4.78, 5) is 2.45. The number of hydrogen-bond acceptors (Lipinski definition) is 2. The minimum absolute atomic E-state index is 0.362. The number of aliphatic hydroxyl groups excluding tert-OH is 1. The number of rotatable bonds is 5. The van der Waals surface area contributed by atoms with Crippen LogP contribution in [0.2, 0.25) is 0 Å². The third kappa shape index (κ3) is 3.08. The van der Waals surface area contributed by atoms with Crippen LogP contribution in [0.15, 0.2) is 30.3 Å². The van der Waals surface area contributed by atoms with E-state index in [1.165, 1.54) is 19.3 Å². The van der Waals surface area contributed by atoms with Gasteiger partial charge < -0.3 is 5.11 Å². The highest BCUT2D eigenvalue weighted by atomic mass is 16.3. The molecule has 17 heavy (non-hydrogen) atoms. The smallest absolute Gasteiger partial charge is 0.0917 e. The summed E-state index contributed by atoms with van der Waals surface area (Å²) in [6.45, 7) is 5.19. The van der Waals surface area contributed by atoms with Crippen molar-refractivity contribution < 1.29 is 5.11 Å². The number of aliphatic hydroxyl groups is 1. The molecule has 1 aromatic carbocycles. The Hall–Kier alpha value is -0.860. The molecule has 0 aromatic heterocycles. The Morgan fingerprint density at radius 1 is 1.24 bits per heavy atom. The molecule has 1 aromatic rings. The third-order valence-electron chi connectivity index (χ3n) is 3.78. The van der Waals surface area contributed by atoms with Crippen LogP contribution in [0.3, 0.4) is 0 Å². The molecule has 0 saturated heterocycles. The second-order valence-electron chi connectivity index (χ2n) is 5.30. The van der Waals surface area contributed by atoms with Crippen molar-refractivity contribution in [3.8, 4) is 0 Å². The van der Waals surface area contributed by atoms with E-state index in [0.717, 1.165) is 12.1 Å². The van der Waals surface area contributed by atoms with E-state index in [-0.39, 0.29) is 6.10 Å². The average Bonchev–Trinajstić information content (AvgIpc) is 2.26. The molecule has 0 spiro atoms.